The minimum absolute atomic E-state index is 0.0955. The minimum atomic E-state index is 0.0955. The van der Waals surface area contributed by atoms with Crippen molar-refractivity contribution in [2.75, 3.05) is 53.5 Å². The maximum atomic E-state index is 12.8. The standard InChI is InChI=1S/C29H44N4O4/c1-20-16-21(2)18-33(17-20)13-7-12-30-28(34)23-10-14-32(15-11-23)19-24-22(3)37-29(31-24)27-25(35-4)8-6-9-26(27)36-5/h6,8-9,20-21,23H,7,10-19H2,1-5H3,(H,30,34)/t20-,21+. The predicted octanol–water partition coefficient (Wildman–Crippen LogP) is 4.36. The maximum Gasteiger partial charge on any atom is 0.234 e. The Morgan fingerprint density at radius 1 is 1.08 bits per heavy atom. The Morgan fingerprint density at radius 2 is 1.73 bits per heavy atom. The molecule has 204 valence electrons. The SMILES string of the molecule is COc1cccc(OC)c1-c1nc(CN2CCC(C(=O)NCCCN3C[C@H](C)C[C@H](C)C3)CC2)c(C)o1. The fourth-order valence-corrected chi connectivity index (χ4v) is 5.94. The minimum Gasteiger partial charge on any atom is -0.496 e. The van der Waals surface area contributed by atoms with Crippen LogP contribution in [0.15, 0.2) is 22.6 Å². The van der Waals surface area contributed by atoms with Crippen LogP contribution in [0.3, 0.4) is 0 Å². The van der Waals surface area contributed by atoms with Gasteiger partial charge in [0.25, 0.3) is 0 Å². The number of nitrogens with one attached hydrogen (secondary N) is 1. The van der Waals surface area contributed by atoms with Crippen LogP contribution in [0, 0.1) is 24.7 Å². The number of hydrogen-bond acceptors (Lipinski definition) is 7. The average Bonchev–Trinajstić information content (AvgIpc) is 3.25. The number of ether oxygens (including phenoxy) is 2. The Morgan fingerprint density at radius 3 is 2.35 bits per heavy atom. The van der Waals surface area contributed by atoms with E-state index in [-0.39, 0.29) is 11.8 Å². The van der Waals surface area contributed by atoms with Gasteiger partial charge in [-0.25, -0.2) is 4.98 Å². The van der Waals surface area contributed by atoms with Crippen LogP contribution in [-0.4, -0.2) is 74.2 Å². The van der Waals surface area contributed by atoms with Crippen LogP contribution in [0.25, 0.3) is 11.5 Å². The van der Waals surface area contributed by atoms with E-state index in [0.29, 0.717) is 23.9 Å². The van der Waals surface area contributed by atoms with Gasteiger partial charge in [-0.05, 0) is 76.2 Å². The summed E-state index contributed by atoms with van der Waals surface area (Å²) in [6.45, 7) is 13.3. The smallest absolute Gasteiger partial charge is 0.234 e. The average molecular weight is 513 g/mol. The zero-order valence-corrected chi connectivity index (χ0v) is 23.2. The van der Waals surface area contributed by atoms with Crippen LogP contribution >= 0.6 is 0 Å². The summed E-state index contributed by atoms with van der Waals surface area (Å²) in [6, 6.07) is 5.64. The van der Waals surface area contributed by atoms with Crippen LogP contribution in [0.1, 0.15) is 51.0 Å². The molecule has 8 nitrogen and oxygen atoms in total. The molecular formula is C29H44N4O4. The number of nitrogens with zero attached hydrogens (tertiary/aromatic N) is 3. The molecule has 0 saturated carbocycles. The van der Waals surface area contributed by atoms with Crippen molar-refractivity contribution < 1.29 is 18.7 Å². The molecule has 0 unspecified atom stereocenters. The van der Waals surface area contributed by atoms with Crippen LogP contribution in [0.2, 0.25) is 0 Å². The fraction of sp³-hybridized carbons (Fsp3) is 0.655. The lowest BCUT2D eigenvalue weighted by molar-refractivity contribution is -0.126. The van der Waals surface area contributed by atoms with E-state index in [9.17, 15) is 4.79 Å². The lowest BCUT2D eigenvalue weighted by Crippen LogP contribution is -2.42. The molecule has 1 N–H and O–H groups in total. The molecule has 0 aliphatic carbocycles. The van der Waals surface area contributed by atoms with Crippen LogP contribution in [0.5, 0.6) is 11.5 Å². The third kappa shape index (κ3) is 7.05. The summed E-state index contributed by atoms with van der Waals surface area (Å²) in [5, 5.41) is 3.20. The first-order chi connectivity index (χ1) is 17.9. The number of aromatic nitrogens is 1. The van der Waals surface area contributed by atoms with E-state index < -0.39 is 0 Å². The molecule has 2 aliphatic heterocycles. The Balaban J connectivity index is 1.23. The van der Waals surface area contributed by atoms with Gasteiger partial charge in [0.15, 0.2) is 0 Å². The molecule has 2 atom stereocenters. The summed E-state index contributed by atoms with van der Waals surface area (Å²) >= 11 is 0. The molecule has 1 aromatic heterocycles. The van der Waals surface area contributed by atoms with Crippen molar-refractivity contribution in [3.63, 3.8) is 0 Å². The molecule has 1 aromatic carbocycles. The van der Waals surface area contributed by atoms with Gasteiger partial charge in [-0.2, -0.15) is 0 Å². The van der Waals surface area contributed by atoms with E-state index in [2.05, 4.69) is 29.0 Å². The highest BCUT2D eigenvalue weighted by atomic mass is 16.5. The molecule has 8 heteroatoms. The number of aryl methyl sites for hydroxylation is 1. The number of hydrogen-bond donors (Lipinski definition) is 1. The number of likely N-dealkylation sites (tertiary alicyclic amines) is 2. The number of rotatable bonds is 10. The van der Waals surface area contributed by atoms with Crippen LogP contribution < -0.4 is 14.8 Å². The largest absolute Gasteiger partial charge is 0.496 e. The third-order valence-corrected chi connectivity index (χ3v) is 7.76. The van der Waals surface area contributed by atoms with E-state index in [1.54, 1.807) is 14.2 Å². The number of methoxy groups -OCH3 is 2. The molecule has 2 fully saturated rings. The predicted molar refractivity (Wildman–Crippen MR) is 145 cm³/mol. The van der Waals surface area contributed by atoms with Gasteiger partial charge < -0.3 is 24.1 Å². The van der Waals surface area contributed by atoms with Gasteiger partial charge in [0, 0.05) is 32.1 Å². The van der Waals surface area contributed by atoms with E-state index in [4.69, 9.17) is 18.9 Å². The first-order valence-corrected chi connectivity index (χ1v) is 13.8. The summed E-state index contributed by atoms with van der Waals surface area (Å²) < 4.78 is 17.1. The highest BCUT2D eigenvalue weighted by molar-refractivity contribution is 5.78. The van der Waals surface area contributed by atoms with E-state index in [1.165, 1.54) is 19.5 Å². The fourth-order valence-electron chi connectivity index (χ4n) is 5.94. The number of carbonyl (C=O) groups is 1. The molecule has 1 amide bonds. The first kappa shape index (κ1) is 27.5. The molecule has 3 heterocycles. The van der Waals surface area contributed by atoms with Gasteiger partial charge in [0.05, 0.1) is 19.9 Å². The third-order valence-electron chi connectivity index (χ3n) is 7.76. The monoisotopic (exact) mass is 512 g/mol. The quantitative estimate of drug-likeness (QED) is 0.474. The van der Waals surface area contributed by atoms with Crippen molar-refractivity contribution in [2.24, 2.45) is 17.8 Å². The molecule has 2 aromatic rings. The maximum absolute atomic E-state index is 12.8. The van der Waals surface area contributed by atoms with E-state index in [0.717, 1.165) is 74.3 Å². The van der Waals surface area contributed by atoms with Crippen molar-refractivity contribution in [3.05, 3.63) is 29.7 Å². The molecule has 0 radical (unpaired) electrons. The highest BCUT2D eigenvalue weighted by Crippen LogP contribution is 2.38. The van der Waals surface area contributed by atoms with Crippen molar-refractivity contribution >= 4 is 5.91 Å². The van der Waals surface area contributed by atoms with Gasteiger partial charge in [-0.1, -0.05) is 19.9 Å². The molecule has 37 heavy (non-hydrogen) atoms. The van der Waals surface area contributed by atoms with Gasteiger partial charge in [0.1, 0.15) is 22.8 Å². The number of amides is 1. The Bertz CT molecular complexity index is 999. The first-order valence-electron chi connectivity index (χ1n) is 13.8. The number of piperidine rings is 2. The van der Waals surface area contributed by atoms with Gasteiger partial charge >= 0.3 is 0 Å². The second-order valence-corrected chi connectivity index (χ2v) is 11.0. The van der Waals surface area contributed by atoms with Gasteiger partial charge in [0.2, 0.25) is 11.8 Å². The zero-order chi connectivity index (χ0) is 26.4. The number of benzene rings is 1. The van der Waals surface area contributed by atoms with E-state index >= 15 is 0 Å². The zero-order valence-electron chi connectivity index (χ0n) is 23.2. The molecule has 4 rings (SSSR count). The normalized spacial score (nSPS) is 21.6. The van der Waals surface area contributed by atoms with E-state index in [1.807, 2.05) is 25.1 Å². The highest BCUT2D eigenvalue weighted by Gasteiger charge is 2.27. The van der Waals surface area contributed by atoms with Gasteiger partial charge in [-0.15, -0.1) is 0 Å². The molecule has 0 spiro atoms. The van der Waals surface area contributed by atoms with Crippen molar-refractivity contribution in [1.29, 1.82) is 0 Å². The van der Waals surface area contributed by atoms with Crippen LogP contribution in [0.4, 0.5) is 0 Å². The lowest BCUT2D eigenvalue weighted by atomic mass is 9.92. The summed E-state index contributed by atoms with van der Waals surface area (Å²) in [5.74, 6) is 4.49. The Kier molecular flexibility index (Phi) is 9.49. The summed E-state index contributed by atoms with van der Waals surface area (Å²) in [7, 11) is 3.26. The summed E-state index contributed by atoms with van der Waals surface area (Å²) in [5.41, 5.74) is 1.63. The lowest BCUT2D eigenvalue weighted by Gasteiger charge is -2.35. The van der Waals surface area contributed by atoms with Crippen molar-refractivity contribution in [1.82, 2.24) is 20.1 Å². The van der Waals surface area contributed by atoms with Gasteiger partial charge in [-0.3, -0.25) is 9.69 Å². The second-order valence-electron chi connectivity index (χ2n) is 11.0. The van der Waals surface area contributed by atoms with Crippen LogP contribution in [-0.2, 0) is 11.3 Å². The Hall–Kier alpha value is -2.58. The second kappa shape index (κ2) is 12.8. The summed E-state index contributed by atoms with van der Waals surface area (Å²) in [6.07, 6.45) is 4.10. The topological polar surface area (TPSA) is 80.1 Å². The molecule has 0 bridgehead atoms. The molecule has 2 aliphatic rings. The van der Waals surface area contributed by atoms with Crippen molar-refractivity contribution in [2.45, 2.75) is 53.0 Å². The molecule has 2 saturated heterocycles. The molecular weight excluding hydrogens is 468 g/mol. The number of carbonyl (C=O) groups excluding carboxylic acids is 1. The van der Waals surface area contributed by atoms with Crippen molar-refractivity contribution in [3.8, 4) is 23.0 Å². The summed E-state index contributed by atoms with van der Waals surface area (Å²) in [4.78, 5) is 22.5. The Labute approximate surface area is 221 Å². The number of oxazole rings is 1.